The average molecular weight is 245 g/mol. The van der Waals surface area contributed by atoms with Crippen molar-refractivity contribution in [2.24, 2.45) is 0 Å². The summed E-state index contributed by atoms with van der Waals surface area (Å²) in [6, 6.07) is 7.46. The van der Waals surface area contributed by atoms with Crippen LogP contribution in [0.15, 0.2) is 24.3 Å². The zero-order valence-electron chi connectivity index (χ0n) is 9.42. The first-order valence-corrected chi connectivity index (χ1v) is 8.79. The van der Waals surface area contributed by atoms with Crippen LogP contribution in [0.4, 0.5) is 0 Å². The van der Waals surface area contributed by atoms with Gasteiger partial charge in [-0.05, 0) is 31.8 Å². The van der Waals surface area contributed by atoms with E-state index in [0.29, 0.717) is 18.2 Å². The Bertz CT molecular complexity index is 310. The van der Waals surface area contributed by atoms with Crippen LogP contribution < -0.4 is 4.74 Å². The first-order chi connectivity index (χ1) is 6.99. The lowest BCUT2D eigenvalue weighted by Crippen LogP contribution is -2.27. The van der Waals surface area contributed by atoms with E-state index in [9.17, 15) is 0 Å². The summed E-state index contributed by atoms with van der Waals surface area (Å²) in [4.78, 5) is 0. The third kappa shape index (κ3) is 5.21. The molecular formula is C11H17ClO2Si. The Hall–Kier alpha value is -0.513. The number of ether oxygens (including phenoxy) is 1. The Kier molecular flexibility index (Phi) is 4.64. The lowest BCUT2D eigenvalue weighted by Gasteiger charge is -2.17. The number of rotatable bonds is 5. The summed E-state index contributed by atoms with van der Waals surface area (Å²) >= 11 is 5.94. The second kappa shape index (κ2) is 5.54. The Balaban J connectivity index is 2.30. The smallest absolute Gasteiger partial charge is 0.183 e. The average Bonchev–Trinajstić information content (AvgIpc) is 2.13. The SMILES string of the molecule is C[Si](C)(C)OCCOc1ccccc1Cl. The highest BCUT2D eigenvalue weighted by molar-refractivity contribution is 6.69. The fourth-order valence-corrected chi connectivity index (χ4v) is 1.95. The van der Waals surface area contributed by atoms with E-state index in [1.807, 2.05) is 24.3 Å². The second-order valence-electron chi connectivity index (χ2n) is 4.24. The van der Waals surface area contributed by atoms with Crippen LogP contribution in [0.5, 0.6) is 5.75 Å². The van der Waals surface area contributed by atoms with Gasteiger partial charge in [0.2, 0.25) is 0 Å². The van der Waals surface area contributed by atoms with Crippen molar-refractivity contribution in [3.05, 3.63) is 29.3 Å². The monoisotopic (exact) mass is 244 g/mol. The van der Waals surface area contributed by atoms with E-state index in [4.69, 9.17) is 20.8 Å². The van der Waals surface area contributed by atoms with Crippen molar-refractivity contribution in [3.8, 4) is 5.75 Å². The fraction of sp³-hybridized carbons (Fsp3) is 0.455. The molecule has 4 heteroatoms. The number of para-hydroxylation sites is 1. The van der Waals surface area contributed by atoms with Crippen LogP contribution in [-0.2, 0) is 4.43 Å². The van der Waals surface area contributed by atoms with Gasteiger partial charge in [0, 0.05) is 0 Å². The van der Waals surface area contributed by atoms with E-state index < -0.39 is 8.32 Å². The quantitative estimate of drug-likeness (QED) is 0.582. The molecule has 84 valence electrons. The maximum Gasteiger partial charge on any atom is 0.183 e. The highest BCUT2D eigenvalue weighted by Crippen LogP contribution is 2.22. The van der Waals surface area contributed by atoms with Crippen LogP contribution in [0.3, 0.4) is 0 Å². The molecule has 0 spiro atoms. The summed E-state index contributed by atoms with van der Waals surface area (Å²) in [5.74, 6) is 0.721. The van der Waals surface area contributed by atoms with Gasteiger partial charge in [0.1, 0.15) is 12.4 Å². The van der Waals surface area contributed by atoms with Gasteiger partial charge in [0.25, 0.3) is 0 Å². The van der Waals surface area contributed by atoms with Gasteiger partial charge < -0.3 is 9.16 Å². The number of halogens is 1. The molecule has 0 aromatic heterocycles. The van der Waals surface area contributed by atoms with Gasteiger partial charge in [-0.2, -0.15) is 0 Å². The molecule has 0 N–H and O–H groups in total. The summed E-state index contributed by atoms with van der Waals surface area (Å²) in [5.41, 5.74) is 0. The van der Waals surface area contributed by atoms with E-state index in [-0.39, 0.29) is 0 Å². The predicted octanol–water partition coefficient (Wildman–Crippen LogP) is 3.57. The van der Waals surface area contributed by atoms with Gasteiger partial charge in [-0.15, -0.1) is 0 Å². The van der Waals surface area contributed by atoms with Crippen molar-refractivity contribution in [1.29, 1.82) is 0 Å². The summed E-state index contributed by atoms with van der Waals surface area (Å²) in [5, 5.41) is 0.644. The molecule has 0 saturated heterocycles. The van der Waals surface area contributed by atoms with E-state index >= 15 is 0 Å². The number of benzene rings is 1. The van der Waals surface area contributed by atoms with Crippen molar-refractivity contribution in [1.82, 2.24) is 0 Å². The largest absolute Gasteiger partial charge is 0.490 e. The summed E-state index contributed by atoms with van der Waals surface area (Å²) in [6.07, 6.45) is 0. The molecule has 0 aliphatic carbocycles. The Morgan fingerprint density at radius 2 is 1.80 bits per heavy atom. The predicted molar refractivity (Wildman–Crippen MR) is 66.2 cm³/mol. The molecule has 15 heavy (non-hydrogen) atoms. The molecule has 0 bridgehead atoms. The minimum Gasteiger partial charge on any atom is -0.490 e. The van der Waals surface area contributed by atoms with Gasteiger partial charge in [-0.25, -0.2) is 0 Å². The van der Waals surface area contributed by atoms with Gasteiger partial charge >= 0.3 is 0 Å². The Labute approximate surface area is 97.3 Å². The minimum absolute atomic E-state index is 0.550. The van der Waals surface area contributed by atoms with Crippen molar-refractivity contribution >= 4 is 19.9 Å². The molecule has 0 amide bonds. The molecule has 0 heterocycles. The van der Waals surface area contributed by atoms with Gasteiger partial charge in [0.15, 0.2) is 8.32 Å². The van der Waals surface area contributed by atoms with E-state index in [1.54, 1.807) is 0 Å². The fourth-order valence-electron chi connectivity index (χ4n) is 1.06. The summed E-state index contributed by atoms with van der Waals surface area (Å²) in [7, 11) is -1.42. The second-order valence-corrected chi connectivity index (χ2v) is 9.16. The van der Waals surface area contributed by atoms with Gasteiger partial charge in [-0.3, -0.25) is 0 Å². The van der Waals surface area contributed by atoms with Crippen molar-refractivity contribution in [3.63, 3.8) is 0 Å². The van der Waals surface area contributed by atoms with Crippen molar-refractivity contribution in [2.45, 2.75) is 19.6 Å². The first kappa shape index (κ1) is 12.6. The molecule has 1 aromatic carbocycles. The summed E-state index contributed by atoms with van der Waals surface area (Å²) < 4.78 is 11.2. The van der Waals surface area contributed by atoms with Crippen LogP contribution in [0, 0.1) is 0 Å². The molecule has 2 nitrogen and oxygen atoms in total. The third-order valence-electron chi connectivity index (χ3n) is 1.71. The lowest BCUT2D eigenvalue weighted by molar-refractivity contribution is 0.213. The first-order valence-electron chi connectivity index (χ1n) is 5.00. The molecule has 0 aliphatic rings. The zero-order valence-corrected chi connectivity index (χ0v) is 11.2. The number of hydrogen-bond acceptors (Lipinski definition) is 2. The normalized spacial score (nSPS) is 11.5. The summed E-state index contributed by atoms with van der Waals surface area (Å²) in [6.45, 7) is 7.64. The molecule has 0 fully saturated rings. The molecule has 1 aromatic rings. The Morgan fingerprint density at radius 3 is 2.40 bits per heavy atom. The molecule has 0 atom stereocenters. The van der Waals surface area contributed by atoms with E-state index in [0.717, 1.165) is 5.75 Å². The molecule has 1 rings (SSSR count). The Morgan fingerprint density at radius 1 is 1.13 bits per heavy atom. The van der Waals surface area contributed by atoms with Crippen molar-refractivity contribution in [2.75, 3.05) is 13.2 Å². The van der Waals surface area contributed by atoms with Crippen molar-refractivity contribution < 1.29 is 9.16 Å². The maximum atomic E-state index is 5.94. The van der Waals surface area contributed by atoms with Crippen LogP contribution in [0.2, 0.25) is 24.7 Å². The van der Waals surface area contributed by atoms with E-state index in [2.05, 4.69) is 19.6 Å². The van der Waals surface area contributed by atoms with Gasteiger partial charge in [-0.1, -0.05) is 23.7 Å². The third-order valence-corrected chi connectivity index (χ3v) is 3.10. The van der Waals surface area contributed by atoms with E-state index in [1.165, 1.54) is 0 Å². The zero-order chi connectivity index (χ0) is 11.3. The van der Waals surface area contributed by atoms with Gasteiger partial charge in [0.05, 0.1) is 11.6 Å². The number of hydrogen-bond donors (Lipinski definition) is 0. The van der Waals surface area contributed by atoms with Crippen LogP contribution in [0.25, 0.3) is 0 Å². The highest BCUT2D eigenvalue weighted by Gasteiger charge is 2.13. The maximum absolute atomic E-state index is 5.94. The highest BCUT2D eigenvalue weighted by atomic mass is 35.5. The van der Waals surface area contributed by atoms with Crippen LogP contribution >= 0.6 is 11.6 Å². The molecule has 0 aliphatic heterocycles. The van der Waals surface area contributed by atoms with Crippen LogP contribution in [-0.4, -0.2) is 21.5 Å². The topological polar surface area (TPSA) is 18.5 Å². The molecule has 0 unspecified atom stereocenters. The molecular weight excluding hydrogens is 228 g/mol. The molecule has 0 radical (unpaired) electrons. The minimum atomic E-state index is -1.42. The van der Waals surface area contributed by atoms with Crippen LogP contribution in [0.1, 0.15) is 0 Å². The lowest BCUT2D eigenvalue weighted by atomic mass is 10.3. The standard InChI is InChI=1S/C11H17ClO2Si/c1-15(2,3)14-9-8-13-11-7-5-4-6-10(11)12/h4-7H,8-9H2,1-3H3. The molecule has 0 saturated carbocycles.